The summed E-state index contributed by atoms with van der Waals surface area (Å²) in [7, 11) is 0. The largest absolute Gasteiger partial charge is 0.573 e. The van der Waals surface area contributed by atoms with E-state index < -0.39 is 12.3 Å². The quantitative estimate of drug-likeness (QED) is 0.662. The van der Waals surface area contributed by atoms with Crippen LogP contribution >= 0.6 is 0 Å². The van der Waals surface area contributed by atoms with E-state index in [4.69, 9.17) is 0 Å². The first kappa shape index (κ1) is 19.9. The Morgan fingerprint density at radius 1 is 0.967 bits per heavy atom. The second-order valence-corrected chi connectivity index (χ2v) is 7.01. The third kappa shape index (κ3) is 4.61. The van der Waals surface area contributed by atoms with Crippen molar-refractivity contribution in [3.63, 3.8) is 0 Å². The molecule has 30 heavy (non-hydrogen) atoms. The maximum Gasteiger partial charge on any atom is 0.573 e. The lowest BCUT2D eigenvalue weighted by Gasteiger charge is -2.10. The number of nitrogens with one attached hydrogen (secondary N) is 1. The predicted octanol–water partition coefficient (Wildman–Crippen LogP) is 4.82. The van der Waals surface area contributed by atoms with Crippen LogP contribution in [-0.2, 0) is 13.0 Å². The summed E-state index contributed by atoms with van der Waals surface area (Å²) in [4.78, 5) is 12.4. The maximum absolute atomic E-state index is 12.4. The average molecular weight is 416 g/mol. The molecule has 0 atom stereocenters. The van der Waals surface area contributed by atoms with Crippen molar-refractivity contribution in [3.05, 3.63) is 59.9 Å². The van der Waals surface area contributed by atoms with Crippen LogP contribution in [0.4, 0.5) is 18.9 Å². The van der Waals surface area contributed by atoms with E-state index >= 15 is 0 Å². The van der Waals surface area contributed by atoms with E-state index in [1.54, 1.807) is 12.1 Å². The van der Waals surface area contributed by atoms with Crippen molar-refractivity contribution in [1.82, 2.24) is 14.8 Å². The van der Waals surface area contributed by atoms with Gasteiger partial charge in [0.2, 0.25) is 0 Å². The molecule has 156 valence electrons. The number of rotatable bonds is 4. The number of halogens is 3. The van der Waals surface area contributed by atoms with Gasteiger partial charge in [0.25, 0.3) is 5.91 Å². The Bertz CT molecular complexity index is 1030. The number of ether oxygens (including phenoxy) is 1. The molecule has 1 N–H and O–H groups in total. The van der Waals surface area contributed by atoms with Gasteiger partial charge in [0.1, 0.15) is 11.6 Å². The van der Waals surface area contributed by atoms with E-state index in [1.807, 2.05) is 12.1 Å². The second kappa shape index (κ2) is 8.17. The molecule has 0 fully saturated rings. The Hall–Kier alpha value is -3.36. The standard InChI is InChI=1S/C21H19F3N4O2/c22-21(23,24)30-17-11-7-15(8-12-17)20(29)25-16-9-5-14(6-10-16)19-27-26-18-4-2-1-3-13-28(18)19/h5-12H,1-4,13H2,(H,25,29). The van der Waals surface area contributed by atoms with Gasteiger partial charge in [0.15, 0.2) is 5.82 Å². The van der Waals surface area contributed by atoms with Crippen LogP contribution in [0.5, 0.6) is 5.75 Å². The number of nitrogens with zero attached hydrogens (tertiary/aromatic N) is 3. The van der Waals surface area contributed by atoms with Gasteiger partial charge >= 0.3 is 6.36 Å². The summed E-state index contributed by atoms with van der Waals surface area (Å²) in [5, 5.41) is 11.3. The Balaban J connectivity index is 1.44. The molecule has 0 radical (unpaired) electrons. The van der Waals surface area contributed by atoms with Gasteiger partial charge in [-0.3, -0.25) is 4.79 Å². The highest BCUT2D eigenvalue weighted by molar-refractivity contribution is 6.04. The molecule has 0 spiro atoms. The summed E-state index contributed by atoms with van der Waals surface area (Å²) in [5.41, 5.74) is 1.69. The van der Waals surface area contributed by atoms with Crippen molar-refractivity contribution in [1.29, 1.82) is 0 Å². The Morgan fingerprint density at radius 3 is 2.40 bits per heavy atom. The number of carbonyl (C=O) groups excluding carboxylic acids is 1. The van der Waals surface area contributed by atoms with E-state index in [0.29, 0.717) is 5.69 Å². The van der Waals surface area contributed by atoms with Crippen LogP contribution in [0.2, 0.25) is 0 Å². The molecule has 1 amide bonds. The average Bonchev–Trinajstić information content (AvgIpc) is 2.96. The molecule has 2 heterocycles. The van der Waals surface area contributed by atoms with E-state index in [2.05, 4.69) is 24.8 Å². The molecule has 0 saturated carbocycles. The zero-order chi connectivity index (χ0) is 21.1. The van der Waals surface area contributed by atoms with Gasteiger partial charge in [0.05, 0.1) is 0 Å². The van der Waals surface area contributed by atoms with Crippen molar-refractivity contribution < 1.29 is 22.7 Å². The minimum atomic E-state index is -4.77. The molecule has 6 nitrogen and oxygen atoms in total. The Morgan fingerprint density at radius 2 is 1.70 bits per heavy atom. The van der Waals surface area contributed by atoms with Crippen molar-refractivity contribution in [3.8, 4) is 17.1 Å². The second-order valence-electron chi connectivity index (χ2n) is 7.01. The van der Waals surface area contributed by atoms with Crippen LogP contribution in [0.1, 0.15) is 35.4 Å². The lowest BCUT2D eigenvalue weighted by Crippen LogP contribution is -2.17. The van der Waals surface area contributed by atoms with E-state index in [9.17, 15) is 18.0 Å². The van der Waals surface area contributed by atoms with Gasteiger partial charge in [-0.1, -0.05) is 6.42 Å². The minimum Gasteiger partial charge on any atom is -0.406 e. The summed E-state index contributed by atoms with van der Waals surface area (Å²) in [5.74, 6) is 0.997. The fraction of sp³-hybridized carbons (Fsp3) is 0.286. The number of anilines is 1. The Kier molecular flexibility index (Phi) is 5.43. The highest BCUT2D eigenvalue weighted by atomic mass is 19.4. The van der Waals surface area contributed by atoms with Crippen molar-refractivity contribution >= 4 is 11.6 Å². The van der Waals surface area contributed by atoms with Crippen molar-refractivity contribution in [2.75, 3.05) is 5.32 Å². The molecule has 1 aromatic heterocycles. The molecule has 3 aromatic rings. The molecule has 2 aromatic carbocycles. The normalized spacial score (nSPS) is 14.0. The summed E-state index contributed by atoms with van der Waals surface area (Å²) < 4.78 is 42.6. The van der Waals surface area contributed by atoms with Crippen molar-refractivity contribution in [2.45, 2.75) is 38.6 Å². The summed E-state index contributed by atoms with van der Waals surface area (Å²) in [6, 6.07) is 12.0. The van der Waals surface area contributed by atoms with Crippen molar-refractivity contribution in [2.24, 2.45) is 0 Å². The van der Waals surface area contributed by atoms with E-state index in [1.165, 1.54) is 18.6 Å². The highest BCUT2D eigenvalue weighted by Crippen LogP contribution is 2.25. The number of hydrogen-bond acceptors (Lipinski definition) is 4. The monoisotopic (exact) mass is 416 g/mol. The highest BCUT2D eigenvalue weighted by Gasteiger charge is 2.31. The van der Waals surface area contributed by atoms with Crippen LogP contribution in [0, 0.1) is 0 Å². The number of aromatic nitrogens is 3. The van der Waals surface area contributed by atoms with E-state index in [-0.39, 0.29) is 11.3 Å². The summed E-state index contributed by atoms with van der Waals surface area (Å²) in [6.45, 7) is 0.893. The number of carbonyl (C=O) groups is 1. The topological polar surface area (TPSA) is 69.0 Å². The molecule has 1 aliphatic rings. The van der Waals surface area contributed by atoms with Gasteiger partial charge < -0.3 is 14.6 Å². The molecule has 4 rings (SSSR count). The lowest BCUT2D eigenvalue weighted by molar-refractivity contribution is -0.274. The summed E-state index contributed by atoms with van der Waals surface area (Å²) in [6.07, 6.45) is -0.454. The molecule has 1 aliphatic heterocycles. The number of aryl methyl sites for hydroxylation is 1. The van der Waals surface area contributed by atoms with Crippen LogP contribution in [-0.4, -0.2) is 27.0 Å². The smallest absolute Gasteiger partial charge is 0.406 e. The molecule has 9 heteroatoms. The number of hydrogen-bond donors (Lipinski definition) is 1. The van der Waals surface area contributed by atoms with Crippen LogP contribution in [0.3, 0.4) is 0 Å². The summed E-state index contributed by atoms with van der Waals surface area (Å²) >= 11 is 0. The molecule has 0 unspecified atom stereocenters. The number of alkyl halides is 3. The fourth-order valence-corrected chi connectivity index (χ4v) is 3.41. The molecule has 0 bridgehead atoms. The lowest BCUT2D eigenvalue weighted by atomic mass is 10.1. The first-order valence-electron chi connectivity index (χ1n) is 9.59. The number of benzene rings is 2. The number of fused-ring (bicyclic) bond motifs is 1. The predicted molar refractivity (Wildman–Crippen MR) is 104 cm³/mol. The maximum atomic E-state index is 12.4. The van der Waals surface area contributed by atoms with Gasteiger partial charge in [-0.2, -0.15) is 0 Å². The molecule has 0 aliphatic carbocycles. The number of amides is 1. The van der Waals surface area contributed by atoms with Crippen LogP contribution < -0.4 is 10.1 Å². The SMILES string of the molecule is O=C(Nc1ccc(-c2nnc3n2CCCCC3)cc1)c1ccc(OC(F)(F)F)cc1. The van der Waals surface area contributed by atoms with Gasteiger partial charge in [-0.25, -0.2) is 0 Å². The minimum absolute atomic E-state index is 0.219. The first-order chi connectivity index (χ1) is 14.4. The third-order valence-corrected chi connectivity index (χ3v) is 4.86. The molecular weight excluding hydrogens is 397 g/mol. The fourth-order valence-electron chi connectivity index (χ4n) is 3.41. The molecule has 0 saturated heterocycles. The van der Waals surface area contributed by atoms with Crippen LogP contribution in [0.15, 0.2) is 48.5 Å². The zero-order valence-corrected chi connectivity index (χ0v) is 15.9. The Labute approximate surface area is 170 Å². The van der Waals surface area contributed by atoms with Gasteiger partial charge in [-0.05, 0) is 61.4 Å². The van der Waals surface area contributed by atoms with Gasteiger partial charge in [0, 0.05) is 29.8 Å². The first-order valence-corrected chi connectivity index (χ1v) is 9.59. The third-order valence-electron chi connectivity index (χ3n) is 4.86. The van der Waals surface area contributed by atoms with E-state index in [0.717, 1.165) is 55.2 Å². The molecular formula is C21H19F3N4O2. The van der Waals surface area contributed by atoms with Gasteiger partial charge in [-0.15, -0.1) is 23.4 Å². The zero-order valence-electron chi connectivity index (χ0n) is 15.9. The van der Waals surface area contributed by atoms with Crippen LogP contribution in [0.25, 0.3) is 11.4 Å².